The van der Waals surface area contributed by atoms with Crippen molar-refractivity contribution in [2.45, 2.75) is 33.6 Å². The Morgan fingerprint density at radius 1 is 1.05 bits per heavy atom. The lowest BCUT2D eigenvalue weighted by molar-refractivity contribution is -0.131. The minimum atomic E-state index is -0.861. The molecule has 0 saturated heterocycles. The Kier molecular flexibility index (Phi) is 6.95. The van der Waals surface area contributed by atoms with Crippen molar-refractivity contribution in [3.05, 3.63) is 29.8 Å². The van der Waals surface area contributed by atoms with Crippen molar-refractivity contribution in [2.24, 2.45) is 0 Å². The second kappa shape index (κ2) is 8.46. The van der Waals surface area contributed by atoms with Gasteiger partial charge in [0, 0.05) is 20.0 Å². The van der Waals surface area contributed by atoms with E-state index in [1.165, 1.54) is 13.0 Å². The lowest BCUT2D eigenvalue weighted by Gasteiger charge is -2.27. The van der Waals surface area contributed by atoms with Gasteiger partial charge < -0.3 is 4.90 Å². The molecule has 0 aromatic heterocycles. The molecule has 0 N–H and O–H groups in total. The van der Waals surface area contributed by atoms with E-state index in [1.54, 1.807) is 4.90 Å². The largest absolute Gasteiger partial charge is 0.341 e. The van der Waals surface area contributed by atoms with E-state index in [0.29, 0.717) is 13.1 Å². The molecule has 0 bridgehead atoms. The average molecular weight is 312 g/mol. The minimum Gasteiger partial charge on any atom is -0.341 e. The van der Waals surface area contributed by atoms with Gasteiger partial charge >= 0.3 is 0 Å². The third kappa shape index (κ3) is 4.51. The van der Waals surface area contributed by atoms with Crippen LogP contribution < -0.4 is 4.90 Å². The first-order chi connectivity index (χ1) is 10.4. The number of para-hydroxylation sites is 1. The number of carbonyl (C=O) groups excluding carboxylic acids is 2. The zero-order valence-electron chi connectivity index (χ0n) is 13.2. The van der Waals surface area contributed by atoms with Gasteiger partial charge in [-0.2, -0.15) is 0 Å². The van der Waals surface area contributed by atoms with Gasteiger partial charge in [0.1, 0.15) is 23.9 Å². The van der Waals surface area contributed by atoms with Crippen molar-refractivity contribution in [2.75, 3.05) is 24.5 Å². The SMILES string of the molecule is CCCN(CCC)C(=O)CN(C(C)=O)c1c(F)cccc1F. The third-order valence-electron chi connectivity index (χ3n) is 3.22. The zero-order valence-corrected chi connectivity index (χ0v) is 13.2. The third-order valence-corrected chi connectivity index (χ3v) is 3.22. The number of anilines is 1. The predicted octanol–water partition coefficient (Wildman–Crippen LogP) is 2.97. The summed E-state index contributed by atoms with van der Waals surface area (Å²) in [6, 6.07) is 3.35. The highest BCUT2D eigenvalue weighted by molar-refractivity contribution is 5.97. The Bertz CT molecular complexity index is 509. The molecular weight excluding hydrogens is 290 g/mol. The summed E-state index contributed by atoms with van der Waals surface area (Å²) in [5, 5.41) is 0. The predicted molar refractivity (Wildman–Crippen MR) is 81.5 cm³/mol. The molecule has 0 atom stereocenters. The van der Waals surface area contributed by atoms with Gasteiger partial charge in [-0.25, -0.2) is 8.78 Å². The van der Waals surface area contributed by atoms with Crippen molar-refractivity contribution in [1.29, 1.82) is 0 Å². The highest BCUT2D eigenvalue weighted by Gasteiger charge is 2.24. The molecule has 0 fully saturated rings. The van der Waals surface area contributed by atoms with Gasteiger partial charge in [0.15, 0.2) is 0 Å². The van der Waals surface area contributed by atoms with E-state index >= 15 is 0 Å². The summed E-state index contributed by atoms with van der Waals surface area (Å²) in [6.45, 7) is 5.80. The summed E-state index contributed by atoms with van der Waals surface area (Å²) in [5.74, 6) is -2.62. The van der Waals surface area contributed by atoms with Crippen LogP contribution >= 0.6 is 0 Å². The van der Waals surface area contributed by atoms with Crippen LogP contribution in [0.5, 0.6) is 0 Å². The molecule has 0 heterocycles. The number of amides is 2. The van der Waals surface area contributed by atoms with Gasteiger partial charge in [0.05, 0.1) is 0 Å². The van der Waals surface area contributed by atoms with Crippen LogP contribution in [0.1, 0.15) is 33.6 Å². The highest BCUT2D eigenvalue weighted by atomic mass is 19.1. The standard InChI is InChI=1S/C16H22F2N2O2/c1-4-9-19(10-5-2)15(22)11-20(12(3)21)16-13(17)7-6-8-14(16)18/h6-8H,4-5,9-11H2,1-3H3. The fourth-order valence-electron chi connectivity index (χ4n) is 2.23. The molecule has 6 heteroatoms. The van der Waals surface area contributed by atoms with Crippen LogP contribution in [0.15, 0.2) is 18.2 Å². The normalized spacial score (nSPS) is 10.4. The molecule has 0 aliphatic carbocycles. The molecule has 1 aromatic carbocycles. The first-order valence-electron chi connectivity index (χ1n) is 7.42. The van der Waals surface area contributed by atoms with E-state index in [4.69, 9.17) is 0 Å². The topological polar surface area (TPSA) is 40.6 Å². The fourth-order valence-corrected chi connectivity index (χ4v) is 2.23. The monoisotopic (exact) mass is 312 g/mol. The van der Waals surface area contributed by atoms with Gasteiger partial charge in [-0.3, -0.25) is 14.5 Å². The number of nitrogens with zero attached hydrogens (tertiary/aromatic N) is 2. The maximum absolute atomic E-state index is 13.8. The van der Waals surface area contributed by atoms with Gasteiger partial charge in [-0.1, -0.05) is 19.9 Å². The Morgan fingerprint density at radius 3 is 1.95 bits per heavy atom. The van der Waals surface area contributed by atoms with E-state index in [9.17, 15) is 18.4 Å². The highest BCUT2D eigenvalue weighted by Crippen LogP contribution is 2.23. The summed E-state index contributed by atoms with van der Waals surface area (Å²) in [5.41, 5.74) is -0.476. The molecule has 22 heavy (non-hydrogen) atoms. The summed E-state index contributed by atoms with van der Waals surface area (Å²) >= 11 is 0. The van der Waals surface area contributed by atoms with Crippen LogP contribution in [0.4, 0.5) is 14.5 Å². The Balaban J connectivity index is 3.02. The Morgan fingerprint density at radius 2 is 1.55 bits per heavy atom. The van der Waals surface area contributed by atoms with Crippen molar-refractivity contribution >= 4 is 17.5 Å². The second-order valence-corrected chi connectivity index (χ2v) is 5.06. The minimum absolute atomic E-state index is 0.318. The molecule has 2 amide bonds. The molecule has 0 spiro atoms. The van der Waals surface area contributed by atoms with Crippen LogP contribution in [-0.4, -0.2) is 36.3 Å². The molecule has 1 aromatic rings. The van der Waals surface area contributed by atoms with E-state index in [2.05, 4.69) is 0 Å². The number of halogens is 2. The number of benzene rings is 1. The number of carbonyl (C=O) groups is 2. The number of rotatable bonds is 7. The first-order valence-corrected chi connectivity index (χ1v) is 7.42. The smallest absolute Gasteiger partial charge is 0.242 e. The van der Waals surface area contributed by atoms with Crippen LogP contribution in [0, 0.1) is 11.6 Å². The molecule has 1 rings (SSSR count). The van der Waals surface area contributed by atoms with Crippen LogP contribution in [-0.2, 0) is 9.59 Å². The van der Waals surface area contributed by atoms with Gasteiger partial charge in [-0.15, -0.1) is 0 Å². The molecule has 4 nitrogen and oxygen atoms in total. The van der Waals surface area contributed by atoms with E-state index in [1.807, 2.05) is 13.8 Å². The lowest BCUT2D eigenvalue weighted by Crippen LogP contribution is -2.43. The number of hydrogen-bond acceptors (Lipinski definition) is 2. The fraction of sp³-hybridized carbons (Fsp3) is 0.500. The molecule has 0 radical (unpaired) electrons. The van der Waals surface area contributed by atoms with Crippen molar-refractivity contribution < 1.29 is 18.4 Å². The zero-order chi connectivity index (χ0) is 16.7. The van der Waals surface area contributed by atoms with Crippen molar-refractivity contribution in [1.82, 2.24) is 4.90 Å². The molecule has 122 valence electrons. The number of hydrogen-bond donors (Lipinski definition) is 0. The van der Waals surface area contributed by atoms with Gasteiger partial charge in [0.25, 0.3) is 0 Å². The molecule has 0 saturated carbocycles. The second-order valence-electron chi connectivity index (χ2n) is 5.06. The maximum atomic E-state index is 13.8. The van der Waals surface area contributed by atoms with Gasteiger partial charge in [0.2, 0.25) is 11.8 Å². The molecular formula is C16H22F2N2O2. The lowest BCUT2D eigenvalue weighted by atomic mass is 10.2. The van der Waals surface area contributed by atoms with Crippen molar-refractivity contribution in [3.63, 3.8) is 0 Å². The van der Waals surface area contributed by atoms with Crippen LogP contribution in [0.3, 0.4) is 0 Å². The summed E-state index contributed by atoms with van der Waals surface area (Å²) in [7, 11) is 0. The molecule has 0 aliphatic rings. The Hall–Kier alpha value is -1.98. The summed E-state index contributed by atoms with van der Waals surface area (Å²) in [4.78, 5) is 26.5. The quantitative estimate of drug-likeness (QED) is 0.776. The molecule has 0 unspecified atom stereocenters. The maximum Gasteiger partial charge on any atom is 0.242 e. The average Bonchev–Trinajstić information content (AvgIpc) is 2.45. The molecule has 0 aliphatic heterocycles. The van der Waals surface area contributed by atoms with Crippen LogP contribution in [0.2, 0.25) is 0 Å². The summed E-state index contributed by atoms with van der Waals surface area (Å²) < 4.78 is 27.7. The van der Waals surface area contributed by atoms with Crippen LogP contribution in [0.25, 0.3) is 0 Å². The first kappa shape index (κ1) is 18.1. The Labute approximate surface area is 129 Å². The summed E-state index contributed by atoms with van der Waals surface area (Å²) in [6.07, 6.45) is 1.56. The van der Waals surface area contributed by atoms with Crippen molar-refractivity contribution in [3.8, 4) is 0 Å². The van der Waals surface area contributed by atoms with E-state index in [-0.39, 0.29) is 12.5 Å². The van der Waals surface area contributed by atoms with E-state index in [0.717, 1.165) is 29.9 Å². The van der Waals surface area contributed by atoms with Gasteiger partial charge in [-0.05, 0) is 25.0 Å². The van der Waals surface area contributed by atoms with E-state index < -0.39 is 23.2 Å².